The monoisotopic (exact) mass is 422 g/mol. The third kappa shape index (κ3) is 3.43. The molecule has 0 saturated carbocycles. The Labute approximate surface area is 180 Å². The fourth-order valence-corrected chi connectivity index (χ4v) is 4.64. The molecule has 2 aliphatic heterocycles. The van der Waals surface area contributed by atoms with Crippen molar-refractivity contribution >= 4 is 29.1 Å². The first kappa shape index (κ1) is 19.1. The third-order valence-corrected chi connectivity index (χ3v) is 6.12. The number of aryl methyl sites for hydroxylation is 1. The second-order valence-corrected chi connectivity index (χ2v) is 8.35. The SMILES string of the molecule is Cc1nn(-c2ccc(N3CCCCC3)nn2)c2c1[C@H](c1cccc(Cl)c1)CC(=O)N2. The molecule has 0 unspecified atom stereocenters. The highest BCUT2D eigenvalue weighted by atomic mass is 35.5. The van der Waals surface area contributed by atoms with Crippen LogP contribution in [0.15, 0.2) is 36.4 Å². The van der Waals surface area contributed by atoms with Crippen LogP contribution < -0.4 is 10.2 Å². The molecule has 7 nitrogen and oxygen atoms in total. The van der Waals surface area contributed by atoms with Crippen molar-refractivity contribution in [1.82, 2.24) is 20.0 Å². The summed E-state index contributed by atoms with van der Waals surface area (Å²) in [6.07, 6.45) is 4.01. The van der Waals surface area contributed by atoms with E-state index in [4.69, 9.17) is 16.7 Å². The van der Waals surface area contributed by atoms with Gasteiger partial charge in [0, 0.05) is 36.0 Å². The molecule has 0 radical (unpaired) electrons. The van der Waals surface area contributed by atoms with Gasteiger partial charge < -0.3 is 10.2 Å². The molecule has 4 heterocycles. The molecule has 1 aromatic carbocycles. The summed E-state index contributed by atoms with van der Waals surface area (Å²) in [5, 5.41) is 17.2. The summed E-state index contributed by atoms with van der Waals surface area (Å²) in [5.41, 5.74) is 2.86. The van der Waals surface area contributed by atoms with Crippen molar-refractivity contribution in [1.29, 1.82) is 0 Å². The number of amides is 1. The number of nitrogens with one attached hydrogen (secondary N) is 1. The highest BCUT2D eigenvalue weighted by Gasteiger charge is 2.33. The van der Waals surface area contributed by atoms with Crippen molar-refractivity contribution in [2.75, 3.05) is 23.3 Å². The van der Waals surface area contributed by atoms with Crippen molar-refractivity contribution in [2.45, 2.75) is 38.5 Å². The average molecular weight is 423 g/mol. The fraction of sp³-hybridized carbons (Fsp3) is 0.364. The molecule has 3 aromatic rings. The van der Waals surface area contributed by atoms with Crippen molar-refractivity contribution in [3.05, 3.63) is 58.2 Å². The Morgan fingerprint density at radius 3 is 2.57 bits per heavy atom. The first-order valence-electron chi connectivity index (χ1n) is 10.3. The molecule has 1 saturated heterocycles. The number of nitrogens with zero attached hydrogens (tertiary/aromatic N) is 5. The molecule has 1 N–H and O–H groups in total. The summed E-state index contributed by atoms with van der Waals surface area (Å²) >= 11 is 6.20. The normalized spacial score (nSPS) is 18.8. The van der Waals surface area contributed by atoms with Gasteiger partial charge in [-0.1, -0.05) is 23.7 Å². The molecular formula is C22H23ClN6O. The first-order chi connectivity index (χ1) is 14.6. The summed E-state index contributed by atoms with van der Waals surface area (Å²) in [7, 11) is 0. The minimum absolute atomic E-state index is 0.0495. The lowest BCUT2D eigenvalue weighted by atomic mass is 9.86. The molecule has 5 rings (SSSR count). The largest absolute Gasteiger partial charge is 0.355 e. The zero-order chi connectivity index (χ0) is 20.7. The van der Waals surface area contributed by atoms with Crippen LogP contribution in [0.25, 0.3) is 5.82 Å². The standard InChI is InChI=1S/C22H23ClN6O/c1-14-21-17(15-6-5-7-16(23)12-15)13-20(30)24-22(21)29(27-14)19-9-8-18(25-26-19)28-10-3-2-4-11-28/h5-9,12,17H,2-4,10-11,13H2,1H3,(H,24,30)/t17-/m0/s1. The van der Waals surface area contributed by atoms with Crippen LogP contribution in [0.2, 0.25) is 5.02 Å². The number of hydrogen-bond donors (Lipinski definition) is 1. The van der Waals surface area contributed by atoms with Gasteiger partial charge in [0.2, 0.25) is 5.91 Å². The lowest BCUT2D eigenvalue weighted by molar-refractivity contribution is -0.116. The van der Waals surface area contributed by atoms with Gasteiger partial charge >= 0.3 is 0 Å². The maximum Gasteiger partial charge on any atom is 0.226 e. The molecule has 8 heteroatoms. The highest BCUT2D eigenvalue weighted by molar-refractivity contribution is 6.30. The Morgan fingerprint density at radius 2 is 1.83 bits per heavy atom. The quantitative estimate of drug-likeness (QED) is 0.688. The predicted molar refractivity (Wildman–Crippen MR) is 116 cm³/mol. The predicted octanol–water partition coefficient (Wildman–Crippen LogP) is 4.09. The smallest absolute Gasteiger partial charge is 0.226 e. The van der Waals surface area contributed by atoms with Gasteiger partial charge in [0.1, 0.15) is 5.82 Å². The van der Waals surface area contributed by atoms with Gasteiger partial charge in [0.25, 0.3) is 0 Å². The minimum atomic E-state index is -0.0956. The summed E-state index contributed by atoms with van der Waals surface area (Å²) in [6.45, 7) is 3.99. The molecule has 0 bridgehead atoms. The number of rotatable bonds is 3. The zero-order valence-electron chi connectivity index (χ0n) is 16.8. The van der Waals surface area contributed by atoms with Gasteiger partial charge in [-0.15, -0.1) is 10.2 Å². The highest BCUT2D eigenvalue weighted by Crippen LogP contribution is 2.40. The third-order valence-electron chi connectivity index (χ3n) is 5.89. The molecule has 1 amide bonds. The Balaban J connectivity index is 1.52. The van der Waals surface area contributed by atoms with Crippen LogP contribution in [0.4, 0.5) is 11.6 Å². The number of fused-ring (bicyclic) bond motifs is 1. The van der Waals surface area contributed by atoms with Crippen LogP contribution >= 0.6 is 11.6 Å². The molecule has 2 aromatic heterocycles. The van der Waals surface area contributed by atoms with Gasteiger partial charge in [0.05, 0.1) is 5.69 Å². The number of anilines is 2. The number of aromatic nitrogens is 4. The number of carbonyl (C=O) groups excluding carboxylic acids is 1. The van der Waals surface area contributed by atoms with Crippen molar-refractivity contribution in [2.24, 2.45) is 0 Å². The Kier molecular flexibility index (Phi) is 4.90. The maximum absolute atomic E-state index is 12.5. The van der Waals surface area contributed by atoms with Gasteiger partial charge in [-0.05, 0) is 56.0 Å². The summed E-state index contributed by atoms with van der Waals surface area (Å²) < 4.78 is 1.69. The number of carbonyl (C=O) groups is 1. The summed E-state index contributed by atoms with van der Waals surface area (Å²) in [5.74, 6) is 1.99. The first-order valence-corrected chi connectivity index (χ1v) is 10.7. The number of hydrogen-bond acceptors (Lipinski definition) is 5. The minimum Gasteiger partial charge on any atom is -0.355 e. The molecule has 0 aliphatic carbocycles. The topological polar surface area (TPSA) is 75.9 Å². The second kappa shape index (κ2) is 7.72. The summed E-state index contributed by atoms with van der Waals surface area (Å²) in [4.78, 5) is 14.8. The lowest BCUT2D eigenvalue weighted by Crippen LogP contribution is -2.30. The van der Waals surface area contributed by atoms with E-state index in [-0.39, 0.29) is 11.8 Å². The van der Waals surface area contributed by atoms with E-state index in [2.05, 4.69) is 20.4 Å². The van der Waals surface area contributed by atoms with Crippen LogP contribution in [-0.4, -0.2) is 39.0 Å². The average Bonchev–Trinajstić information content (AvgIpc) is 3.10. The van der Waals surface area contributed by atoms with E-state index in [1.165, 1.54) is 19.3 Å². The van der Waals surface area contributed by atoms with Crippen LogP contribution in [-0.2, 0) is 4.79 Å². The van der Waals surface area contributed by atoms with Gasteiger partial charge in [-0.25, -0.2) is 0 Å². The van der Waals surface area contributed by atoms with E-state index in [1.807, 2.05) is 43.3 Å². The van der Waals surface area contributed by atoms with E-state index in [0.717, 1.165) is 35.7 Å². The lowest BCUT2D eigenvalue weighted by Gasteiger charge is -2.27. The van der Waals surface area contributed by atoms with Crippen molar-refractivity contribution in [3.8, 4) is 5.82 Å². The number of piperidine rings is 1. The molecule has 0 spiro atoms. The van der Waals surface area contributed by atoms with Gasteiger partial charge in [0.15, 0.2) is 11.6 Å². The maximum atomic E-state index is 12.5. The number of halogens is 1. The summed E-state index contributed by atoms with van der Waals surface area (Å²) in [6, 6.07) is 11.6. The van der Waals surface area contributed by atoms with Crippen molar-refractivity contribution in [3.63, 3.8) is 0 Å². The second-order valence-electron chi connectivity index (χ2n) is 7.92. The van der Waals surface area contributed by atoms with E-state index < -0.39 is 0 Å². The van der Waals surface area contributed by atoms with E-state index in [1.54, 1.807) is 4.68 Å². The Hall–Kier alpha value is -2.93. The zero-order valence-corrected chi connectivity index (χ0v) is 17.6. The molecule has 154 valence electrons. The van der Waals surface area contributed by atoms with Crippen molar-refractivity contribution < 1.29 is 4.79 Å². The van der Waals surface area contributed by atoms with Gasteiger partial charge in [-0.3, -0.25) is 4.79 Å². The molecular weight excluding hydrogens is 400 g/mol. The molecule has 1 atom stereocenters. The van der Waals surface area contributed by atoms with E-state index in [0.29, 0.717) is 23.1 Å². The van der Waals surface area contributed by atoms with E-state index in [9.17, 15) is 4.79 Å². The van der Waals surface area contributed by atoms with Crippen LogP contribution in [0.1, 0.15) is 48.4 Å². The van der Waals surface area contributed by atoms with Gasteiger partial charge in [-0.2, -0.15) is 9.78 Å². The Morgan fingerprint density at radius 1 is 1.07 bits per heavy atom. The molecule has 1 fully saturated rings. The van der Waals surface area contributed by atoms with E-state index >= 15 is 0 Å². The molecule has 30 heavy (non-hydrogen) atoms. The van der Waals surface area contributed by atoms with Crippen LogP contribution in [0.5, 0.6) is 0 Å². The molecule has 2 aliphatic rings. The fourth-order valence-electron chi connectivity index (χ4n) is 4.44. The van der Waals surface area contributed by atoms with Crippen LogP contribution in [0.3, 0.4) is 0 Å². The Bertz CT molecular complexity index is 1090. The van der Waals surface area contributed by atoms with Crippen LogP contribution in [0, 0.1) is 6.92 Å². The number of benzene rings is 1.